The zero-order valence-corrected chi connectivity index (χ0v) is 17.9. The predicted octanol–water partition coefficient (Wildman–Crippen LogP) is 4.03. The Bertz CT molecular complexity index is 1070. The number of nitrogens with one attached hydrogen (secondary N) is 2. The van der Waals surface area contributed by atoms with Gasteiger partial charge in [-0.3, -0.25) is 4.79 Å². The number of rotatable bonds is 9. The highest BCUT2D eigenvalue weighted by molar-refractivity contribution is 6.04. The van der Waals surface area contributed by atoms with E-state index in [9.17, 15) is 9.18 Å². The van der Waals surface area contributed by atoms with E-state index in [1.165, 1.54) is 51.2 Å². The van der Waals surface area contributed by atoms with Gasteiger partial charge >= 0.3 is 6.01 Å². The maximum Gasteiger partial charge on any atom is 0.315 e. The number of methoxy groups -OCH3 is 1. The lowest BCUT2D eigenvalue weighted by molar-refractivity contribution is 0.102. The van der Waals surface area contributed by atoms with Gasteiger partial charge < -0.3 is 24.7 Å². The number of carbonyl (C=O) groups is 1. The Balaban J connectivity index is 1.38. The summed E-state index contributed by atoms with van der Waals surface area (Å²) in [5, 5.41) is 14.0. The van der Waals surface area contributed by atoms with Crippen LogP contribution in [0.1, 0.15) is 29.6 Å². The minimum atomic E-state index is -0.583. The molecule has 0 spiro atoms. The molecular formula is C23H26FN5O3. The number of hydrogen-bond donors (Lipinski definition) is 2. The summed E-state index contributed by atoms with van der Waals surface area (Å²) in [6, 6.07) is 11.2. The van der Waals surface area contributed by atoms with E-state index in [0.717, 1.165) is 19.5 Å². The topological polar surface area (TPSA) is 92.5 Å². The van der Waals surface area contributed by atoms with E-state index in [2.05, 4.69) is 25.7 Å². The summed E-state index contributed by atoms with van der Waals surface area (Å²) in [6.45, 7) is 4.17. The van der Waals surface area contributed by atoms with E-state index >= 15 is 0 Å². The van der Waals surface area contributed by atoms with Crippen LogP contribution in [0, 0.1) is 5.82 Å². The smallest absolute Gasteiger partial charge is 0.315 e. The van der Waals surface area contributed by atoms with Crippen molar-refractivity contribution in [3.63, 3.8) is 0 Å². The zero-order chi connectivity index (χ0) is 22.3. The summed E-state index contributed by atoms with van der Waals surface area (Å²) in [5.74, 6) is -0.382. The van der Waals surface area contributed by atoms with Gasteiger partial charge in [0, 0.05) is 18.3 Å². The molecule has 2 N–H and O–H groups in total. The largest absolute Gasteiger partial charge is 0.496 e. The SMILES string of the molecule is COc1cc(NC(=O)c2ccccc2F)ccc1-c1nnc(NCCCN2CCCC2)o1. The van der Waals surface area contributed by atoms with Gasteiger partial charge in [-0.2, -0.15) is 0 Å². The number of nitrogens with zero attached hydrogens (tertiary/aromatic N) is 3. The van der Waals surface area contributed by atoms with E-state index in [0.29, 0.717) is 28.9 Å². The molecule has 0 saturated carbocycles. The number of anilines is 2. The normalized spacial score (nSPS) is 13.8. The fourth-order valence-electron chi connectivity index (χ4n) is 3.70. The number of benzene rings is 2. The van der Waals surface area contributed by atoms with Crippen molar-refractivity contribution < 1.29 is 18.3 Å². The summed E-state index contributed by atoms with van der Waals surface area (Å²) in [6.07, 6.45) is 3.57. The van der Waals surface area contributed by atoms with Crippen LogP contribution < -0.4 is 15.4 Å². The molecule has 32 heavy (non-hydrogen) atoms. The Kier molecular flexibility index (Phi) is 6.96. The predicted molar refractivity (Wildman–Crippen MR) is 119 cm³/mol. The fraction of sp³-hybridized carbons (Fsp3) is 0.348. The van der Waals surface area contributed by atoms with Gasteiger partial charge in [0.1, 0.15) is 11.6 Å². The van der Waals surface area contributed by atoms with Crippen molar-refractivity contribution in [2.45, 2.75) is 19.3 Å². The van der Waals surface area contributed by atoms with Gasteiger partial charge in [-0.1, -0.05) is 17.2 Å². The Hall–Kier alpha value is -3.46. The third kappa shape index (κ3) is 5.23. The molecule has 2 aromatic carbocycles. The van der Waals surface area contributed by atoms with Gasteiger partial charge in [-0.15, -0.1) is 5.10 Å². The van der Waals surface area contributed by atoms with Crippen LogP contribution in [-0.4, -0.2) is 54.3 Å². The van der Waals surface area contributed by atoms with Gasteiger partial charge in [-0.05, 0) is 63.2 Å². The van der Waals surface area contributed by atoms with Gasteiger partial charge in [0.2, 0.25) is 0 Å². The molecule has 1 saturated heterocycles. The molecule has 1 aromatic heterocycles. The second kappa shape index (κ2) is 10.2. The number of likely N-dealkylation sites (tertiary alicyclic amines) is 1. The molecule has 1 aliphatic heterocycles. The molecule has 0 aliphatic carbocycles. The summed E-state index contributed by atoms with van der Waals surface area (Å²) < 4.78 is 25.0. The van der Waals surface area contributed by atoms with E-state index in [1.807, 2.05) is 0 Å². The minimum Gasteiger partial charge on any atom is -0.496 e. The number of ether oxygens (including phenoxy) is 1. The molecule has 8 nitrogen and oxygen atoms in total. The molecule has 9 heteroatoms. The van der Waals surface area contributed by atoms with Crippen LogP contribution in [0.3, 0.4) is 0 Å². The third-order valence-corrected chi connectivity index (χ3v) is 5.36. The van der Waals surface area contributed by atoms with Crippen LogP contribution in [0.5, 0.6) is 5.75 Å². The quantitative estimate of drug-likeness (QED) is 0.486. The maximum absolute atomic E-state index is 13.8. The van der Waals surface area contributed by atoms with Crippen LogP contribution in [0.4, 0.5) is 16.1 Å². The van der Waals surface area contributed by atoms with Crippen molar-refractivity contribution in [3.8, 4) is 17.2 Å². The molecular weight excluding hydrogens is 413 g/mol. The molecule has 2 heterocycles. The van der Waals surface area contributed by atoms with Crippen LogP contribution in [0.2, 0.25) is 0 Å². The first-order valence-electron chi connectivity index (χ1n) is 10.7. The van der Waals surface area contributed by atoms with Crippen molar-refractivity contribution in [1.29, 1.82) is 0 Å². The molecule has 4 rings (SSSR count). The average molecular weight is 439 g/mol. The molecule has 168 valence electrons. The molecule has 0 radical (unpaired) electrons. The first-order chi connectivity index (χ1) is 15.6. The molecule has 1 aliphatic rings. The highest BCUT2D eigenvalue weighted by Gasteiger charge is 2.17. The number of hydrogen-bond acceptors (Lipinski definition) is 7. The lowest BCUT2D eigenvalue weighted by atomic mass is 10.1. The van der Waals surface area contributed by atoms with Crippen molar-refractivity contribution >= 4 is 17.6 Å². The number of aromatic nitrogens is 2. The van der Waals surface area contributed by atoms with E-state index in [-0.39, 0.29) is 5.56 Å². The summed E-state index contributed by atoms with van der Waals surface area (Å²) in [7, 11) is 1.51. The average Bonchev–Trinajstić information content (AvgIpc) is 3.49. The van der Waals surface area contributed by atoms with Crippen molar-refractivity contribution in [3.05, 3.63) is 53.8 Å². The number of halogens is 1. The Morgan fingerprint density at radius 2 is 2.00 bits per heavy atom. The summed E-state index contributed by atoms with van der Waals surface area (Å²) >= 11 is 0. The van der Waals surface area contributed by atoms with Crippen LogP contribution in [0.25, 0.3) is 11.5 Å². The zero-order valence-electron chi connectivity index (χ0n) is 17.9. The van der Waals surface area contributed by atoms with Crippen molar-refractivity contribution in [2.24, 2.45) is 0 Å². The van der Waals surface area contributed by atoms with Crippen LogP contribution in [0.15, 0.2) is 46.9 Å². The van der Waals surface area contributed by atoms with Gasteiger partial charge in [0.05, 0.1) is 18.2 Å². The third-order valence-electron chi connectivity index (χ3n) is 5.36. The van der Waals surface area contributed by atoms with E-state index in [1.54, 1.807) is 24.3 Å². The lowest BCUT2D eigenvalue weighted by Crippen LogP contribution is -2.22. The van der Waals surface area contributed by atoms with Gasteiger partial charge in [0.25, 0.3) is 11.8 Å². The van der Waals surface area contributed by atoms with Crippen molar-refractivity contribution in [1.82, 2.24) is 15.1 Å². The molecule has 1 amide bonds. The first-order valence-corrected chi connectivity index (χ1v) is 10.7. The summed E-state index contributed by atoms with van der Waals surface area (Å²) in [4.78, 5) is 14.8. The molecule has 0 atom stereocenters. The second-order valence-electron chi connectivity index (χ2n) is 7.59. The fourth-order valence-corrected chi connectivity index (χ4v) is 3.70. The van der Waals surface area contributed by atoms with Crippen molar-refractivity contribution in [2.75, 3.05) is 43.9 Å². The Morgan fingerprint density at radius 1 is 1.19 bits per heavy atom. The van der Waals surface area contributed by atoms with Crippen LogP contribution in [-0.2, 0) is 0 Å². The van der Waals surface area contributed by atoms with Gasteiger partial charge in [-0.25, -0.2) is 4.39 Å². The monoisotopic (exact) mass is 439 g/mol. The number of amides is 1. The molecule has 1 fully saturated rings. The molecule has 0 bridgehead atoms. The van der Waals surface area contributed by atoms with E-state index in [4.69, 9.17) is 9.15 Å². The Labute approximate surface area is 185 Å². The Morgan fingerprint density at radius 3 is 2.78 bits per heavy atom. The highest BCUT2D eigenvalue weighted by atomic mass is 19.1. The standard InChI is InChI=1S/C23H26FN5O3/c1-31-20-15-16(26-21(30)17-7-2-3-8-19(17)24)9-10-18(20)22-27-28-23(32-22)25-11-6-14-29-12-4-5-13-29/h2-3,7-10,15H,4-6,11-14H2,1H3,(H,25,28)(H,26,30). The van der Waals surface area contributed by atoms with Crippen LogP contribution >= 0.6 is 0 Å². The number of carbonyl (C=O) groups excluding carboxylic acids is 1. The van der Waals surface area contributed by atoms with E-state index < -0.39 is 11.7 Å². The molecule has 3 aromatic rings. The first kappa shape index (κ1) is 21.8. The second-order valence-corrected chi connectivity index (χ2v) is 7.59. The molecule has 0 unspecified atom stereocenters. The highest BCUT2D eigenvalue weighted by Crippen LogP contribution is 2.32. The summed E-state index contributed by atoms with van der Waals surface area (Å²) in [5.41, 5.74) is 1.01. The van der Waals surface area contributed by atoms with Gasteiger partial charge in [0.15, 0.2) is 0 Å². The maximum atomic E-state index is 13.8. The minimum absolute atomic E-state index is 0.0344. The lowest BCUT2D eigenvalue weighted by Gasteiger charge is -2.13.